The number of carbonyl (C=O) groups is 2. The van der Waals surface area contributed by atoms with Crippen molar-refractivity contribution in [2.45, 2.75) is 31.5 Å². The lowest BCUT2D eigenvalue weighted by molar-refractivity contribution is -0.122. The van der Waals surface area contributed by atoms with Crippen LogP contribution in [0.2, 0.25) is 0 Å². The van der Waals surface area contributed by atoms with E-state index in [1.807, 2.05) is 48.5 Å². The molecule has 0 saturated carbocycles. The zero-order valence-corrected chi connectivity index (χ0v) is 30.0. The Morgan fingerprint density at radius 2 is 0.811 bits per heavy atom. The van der Waals surface area contributed by atoms with Crippen LogP contribution in [0.4, 0.5) is 11.4 Å². The summed E-state index contributed by atoms with van der Waals surface area (Å²) in [5.41, 5.74) is 7.28. The average Bonchev–Trinajstić information content (AvgIpc) is 3.50. The Kier molecular flexibility index (Phi) is 9.86. The summed E-state index contributed by atoms with van der Waals surface area (Å²) in [6.07, 6.45) is -1.53. The Hall–Kier alpha value is -6.54. The number of anilines is 2. The van der Waals surface area contributed by atoms with Crippen molar-refractivity contribution >= 4 is 23.2 Å². The van der Waals surface area contributed by atoms with Gasteiger partial charge in [0.25, 0.3) is 11.8 Å². The van der Waals surface area contributed by atoms with Gasteiger partial charge in [-0.1, -0.05) is 97.1 Å². The predicted molar refractivity (Wildman–Crippen MR) is 207 cm³/mol. The number of amides is 2. The average molecular weight is 705 g/mol. The summed E-state index contributed by atoms with van der Waals surface area (Å²) < 4.78 is 22.6. The smallest absolute Gasteiger partial charge is 0.265 e. The van der Waals surface area contributed by atoms with Crippen molar-refractivity contribution in [2.75, 3.05) is 24.9 Å². The number of nitrogens with one attached hydrogen (secondary N) is 2. The number of hydrogen-bond acceptors (Lipinski definition) is 6. The highest BCUT2D eigenvalue weighted by Gasteiger charge is 2.45. The summed E-state index contributed by atoms with van der Waals surface area (Å²) in [6.45, 7) is 3.41. The molecule has 2 atom stereocenters. The van der Waals surface area contributed by atoms with Gasteiger partial charge in [0.2, 0.25) is 0 Å². The van der Waals surface area contributed by atoms with Gasteiger partial charge >= 0.3 is 0 Å². The molecule has 6 aromatic rings. The Labute approximate surface area is 309 Å². The first-order valence-corrected chi connectivity index (χ1v) is 17.4. The van der Waals surface area contributed by atoms with Gasteiger partial charge in [-0.2, -0.15) is 0 Å². The largest absolute Gasteiger partial charge is 0.493 e. The molecular formula is C45H40N2O6. The van der Waals surface area contributed by atoms with Crippen LogP contribution in [0, 0.1) is 0 Å². The van der Waals surface area contributed by atoms with Gasteiger partial charge in [0.15, 0.2) is 35.2 Å². The van der Waals surface area contributed by atoms with Crippen LogP contribution in [-0.4, -0.2) is 38.2 Å². The van der Waals surface area contributed by atoms with Crippen LogP contribution in [0.25, 0.3) is 11.1 Å². The molecule has 0 saturated heterocycles. The molecule has 0 bridgehead atoms. The maximum atomic E-state index is 13.2. The van der Waals surface area contributed by atoms with E-state index in [4.69, 9.17) is 18.9 Å². The highest BCUT2D eigenvalue weighted by Crippen LogP contribution is 2.56. The Balaban J connectivity index is 1.17. The fourth-order valence-corrected chi connectivity index (χ4v) is 7.04. The fourth-order valence-electron chi connectivity index (χ4n) is 7.04. The number of hydrogen-bond donors (Lipinski definition) is 2. The standard InChI is InChI=1S/C45H40N2O6/c1-29(52-41-19-11-9-17-39(41)50-3)43(48)46-33-25-21-31(22-26-33)45(37-15-7-5-13-35(37)36-14-6-8-16-38(36)45)32-23-27-34(28-24-32)47-44(49)30(2)53-42-20-12-10-18-40(42)51-4/h5-30H,1-4H3,(H,46,48)(H,47,49)/t29-,30-/m0/s1. The molecule has 53 heavy (non-hydrogen) atoms. The summed E-state index contributed by atoms with van der Waals surface area (Å²) >= 11 is 0. The highest BCUT2D eigenvalue weighted by atomic mass is 16.5. The maximum absolute atomic E-state index is 13.2. The maximum Gasteiger partial charge on any atom is 0.265 e. The second-order valence-electron chi connectivity index (χ2n) is 12.8. The molecule has 1 aliphatic rings. The zero-order chi connectivity index (χ0) is 37.0. The van der Waals surface area contributed by atoms with Crippen molar-refractivity contribution in [3.63, 3.8) is 0 Å². The van der Waals surface area contributed by atoms with E-state index in [1.54, 1.807) is 52.3 Å². The zero-order valence-electron chi connectivity index (χ0n) is 30.0. The van der Waals surface area contributed by atoms with Crippen molar-refractivity contribution < 1.29 is 28.5 Å². The molecule has 0 spiro atoms. The molecule has 6 aromatic carbocycles. The van der Waals surface area contributed by atoms with E-state index in [0.717, 1.165) is 33.4 Å². The first-order valence-electron chi connectivity index (χ1n) is 17.4. The Morgan fingerprint density at radius 3 is 1.19 bits per heavy atom. The van der Waals surface area contributed by atoms with E-state index in [2.05, 4.69) is 83.4 Å². The van der Waals surface area contributed by atoms with Crippen molar-refractivity contribution in [3.05, 3.63) is 168 Å². The molecule has 0 heterocycles. The van der Waals surface area contributed by atoms with Crippen LogP contribution in [-0.2, 0) is 15.0 Å². The minimum atomic E-state index is -0.763. The van der Waals surface area contributed by atoms with Crippen molar-refractivity contribution in [3.8, 4) is 34.1 Å². The van der Waals surface area contributed by atoms with Gasteiger partial charge in [-0.05, 0) is 95.8 Å². The van der Waals surface area contributed by atoms with E-state index in [-0.39, 0.29) is 11.8 Å². The van der Waals surface area contributed by atoms with Crippen molar-refractivity contribution in [1.29, 1.82) is 0 Å². The van der Waals surface area contributed by atoms with E-state index < -0.39 is 17.6 Å². The number of para-hydroxylation sites is 4. The lowest BCUT2D eigenvalue weighted by Crippen LogP contribution is -2.31. The van der Waals surface area contributed by atoms with E-state index >= 15 is 0 Å². The van der Waals surface area contributed by atoms with Gasteiger partial charge in [0.05, 0.1) is 19.6 Å². The molecule has 2 amide bonds. The Bertz CT molecular complexity index is 2090. The normalized spacial score (nSPS) is 13.4. The van der Waals surface area contributed by atoms with Crippen LogP contribution < -0.4 is 29.6 Å². The minimum Gasteiger partial charge on any atom is -0.493 e. The monoisotopic (exact) mass is 704 g/mol. The molecule has 2 N–H and O–H groups in total. The first-order chi connectivity index (χ1) is 25.8. The van der Waals surface area contributed by atoms with E-state index in [9.17, 15) is 9.59 Å². The van der Waals surface area contributed by atoms with Crippen LogP contribution in [0.5, 0.6) is 23.0 Å². The molecule has 266 valence electrons. The highest BCUT2D eigenvalue weighted by molar-refractivity contribution is 5.95. The van der Waals surface area contributed by atoms with Gasteiger partial charge in [-0.15, -0.1) is 0 Å². The molecule has 7 rings (SSSR count). The van der Waals surface area contributed by atoms with Gasteiger partial charge in [0.1, 0.15) is 0 Å². The molecular weight excluding hydrogens is 665 g/mol. The lowest BCUT2D eigenvalue weighted by Gasteiger charge is -2.34. The number of fused-ring (bicyclic) bond motifs is 3. The van der Waals surface area contributed by atoms with Crippen LogP contribution in [0.1, 0.15) is 36.1 Å². The number of rotatable bonds is 12. The molecule has 0 fully saturated rings. The van der Waals surface area contributed by atoms with Gasteiger partial charge < -0.3 is 29.6 Å². The topological polar surface area (TPSA) is 95.1 Å². The molecule has 0 aromatic heterocycles. The Morgan fingerprint density at radius 1 is 0.472 bits per heavy atom. The molecule has 8 heteroatoms. The summed E-state index contributed by atoms with van der Waals surface area (Å²) in [6, 6.07) is 47.3. The third-order valence-corrected chi connectivity index (χ3v) is 9.61. The van der Waals surface area contributed by atoms with Crippen molar-refractivity contribution in [2.24, 2.45) is 0 Å². The molecule has 1 aliphatic carbocycles. The number of methoxy groups -OCH3 is 2. The molecule has 8 nitrogen and oxygen atoms in total. The third-order valence-electron chi connectivity index (χ3n) is 9.61. The lowest BCUT2D eigenvalue weighted by atomic mass is 9.67. The van der Waals surface area contributed by atoms with Crippen LogP contribution in [0.15, 0.2) is 146 Å². The number of benzene rings is 6. The van der Waals surface area contributed by atoms with E-state index in [1.165, 1.54) is 0 Å². The predicted octanol–water partition coefficient (Wildman–Crippen LogP) is 8.88. The summed E-state index contributed by atoms with van der Waals surface area (Å²) in [5, 5.41) is 6.00. The fraction of sp³-hybridized carbons (Fsp3) is 0.156. The van der Waals surface area contributed by atoms with Crippen molar-refractivity contribution in [1.82, 2.24) is 0 Å². The van der Waals surface area contributed by atoms with Crippen LogP contribution >= 0.6 is 0 Å². The van der Waals surface area contributed by atoms with Gasteiger partial charge in [0, 0.05) is 11.4 Å². The van der Waals surface area contributed by atoms with Crippen LogP contribution in [0.3, 0.4) is 0 Å². The van der Waals surface area contributed by atoms with Gasteiger partial charge in [-0.3, -0.25) is 9.59 Å². The van der Waals surface area contributed by atoms with Gasteiger partial charge in [-0.25, -0.2) is 0 Å². The summed E-state index contributed by atoms with van der Waals surface area (Å²) in [7, 11) is 3.13. The van der Waals surface area contributed by atoms with E-state index in [0.29, 0.717) is 34.4 Å². The summed E-state index contributed by atoms with van der Waals surface area (Å²) in [5.74, 6) is 1.54. The third kappa shape index (κ3) is 6.67. The number of carbonyl (C=O) groups excluding carboxylic acids is 2. The molecule has 0 aliphatic heterocycles. The quantitative estimate of drug-likeness (QED) is 0.132. The molecule has 0 radical (unpaired) electrons. The summed E-state index contributed by atoms with van der Waals surface area (Å²) in [4.78, 5) is 26.4. The second kappa shape index (κ2) is 15.0. The minimum absolute atomic E-state index is 0.282. The first kappa shape index (κ1) is 34.9. The molecule has 0 unspecified atom stereocenters. The SMILES string of the molecule is COc1ccccc1O[C@@H](C)C(=O)Nc1ccc(C2(c3ccc(NC(=O)[C@H](C)Oc4ccccc4OC)cc3)c3ccccc3-c3ccccc32)cc1. The number of ether oxygens (including phenoxy) is 4. The second-order valence-corrected chi connectivity index (χ2v) is 12.8.